The van der Waals surface area contributed by atoms with Gasteiger partial charge in [-0.1, -0.05) is 52.5 Å². The fourth-order valence-electron chi connectivity index (χ4n) is 6.78. The second kappa shape index (κ2) is 11.0. The Balaban J connectivity index is 1.55. The molecular formula is C31H49NO4. The summed E-state index contributed by atoms with van der Waals surface area (Å²) in [4.78, 5) is 2.18. The third kappa shape index (κ3) is 5.95. The average molecular weight is 500 g/mol. The molecule has 3 unspecified atom stereocenters. The summed E-state index contributed by atoms with van der Waals surface area (Å²) in [5, 5.41) is 32.5. The number of likely N-dealkylation sites (tertiary alicyclic amines) is 1. The Kier molecular flexibility index (Phi) is 8.43. The fraction of sp³-hybridized carbons (Fsp3) is 0.742. The van der Waals surface area contributed by atoms with Gasteiger partial charge in [0.1, 0.15) is 17.1 Å². The summed E-state index contributed by atoms with van der Waals surface area (Å²) in [6.45, 7) is 13.2. The van der Waals surface area contributed by atoms with Crippen LogP contribution >= 0.6 is 0 Å². The number of phenols is 1. The van der Waals surface area contributed by atoms with Gasteiger partial charge in [-0.3, -0.25) is 4.90 Å². The van der Waals surface area contributed by atoms with Crippen molar-refractivity contribution in [3.05, 3.63) is 34.9 Å². The molecule has 1 aromatic carbocycles. The van der Waals surface area contributed by atoms with E-state index in [0.717, 1.165) is 61.1 Å². The molecule has 0 aromatic heterocycles. The van der Waals surface area contributed by atoms with E-state index in [1.54, 1.807) is 0 Å². The number of hydrogen-bond acceptors (Lipinski definition) is 5. The number of ether oxygens (including phenoxy) is 1. The molecule has 0 bridgehead atoms. The summed E-state index contributed by atoms with van der Waals surface area (Å²) in [6, 6.07) is 4.15. The Labute approximate surface area is 218 Å². The van der Waals surface area contributed by atoms with E-state index in [1.165, 1.54) is 25.7 Å². The first-order valence-corrected chi connectivity index (χ1v) is 14.4. The smallest absolute Gasteiger partial charge is 0.127 e. The molecule has 1 saturated heterocycles. The van der Waals surface area contributed by atoms with Gasteiger partial charge in [0.25, 0.3) is 0 Å². The molecule has 3 N–H and O–H groups in total. The maximum absolute atomic E-state index is 11.3. The van der Waals surface area contributed by atoms with Crippen LogP contribution < -0.4 is 4.74 Å². The number of unbranched alkanes of at least 4 members (excludes halogenated alkanes) is 3. The zero-order valence-electron chi connectivity index (χ0n) is 23.2. The van der Waals surface area contributed by atoms with Crippen LogP contribution in [0.15, 0.2) is 23.8 Å². The minimum Gasteiger partial charge on any atom is -0.508 e. The number of aliphatic hydroxyl groups is 2. The van der Waals surface area contributed by atoms with Crippen molar-refractivity contribution in [2.75, 3.05) is 19.6 Å². The van der Waals surface area contributed by atoms with E-state index in [4.69, 9.17) is 4.74 Å². The Morgan fingerprint density at radius 1 is 1.19 bits per heavy atom. The van der Waals surface area contributed by atoms with Crippen molar-refractivity contribution in [1.29, 1.82) is 0 Å². The van der Waals surface area contributed by atoms with Gasteiger partial charge in [-0.25, -0.2) is 0 Å². The zero-order valence-corrected chi connectivity index (χ0v) is 23.2. The number of fused-ring (bicyclic) bond motifs is 3. The maximum Gasteiger partial charge on any atom is 0.127 e. The lowest BCUT2D eigenvalue weighted by Gasteiger charge is -2.48. The minimum atomic E-state index is -0.547. The Bertz CT molecular complexity index is 937. The Morgan fingerprint density at radius 2 is 1.97 bits per heavy atom. The van der Waals surface area contributed by atoms with Gasteiger partial charge < -0.3 is 20.1 Å². The Morgan fingerprint density at radius 3 is 2.69 bits per heavy atom. The molecule has 4 rings (SSSR count). The van der Waals surface area contributed by atoms with Crippen molar-refractivity contribution in [2.45, 2.75) is 122 Å². The first-order chi connectivity index (χ1) is 17.0. The predicted octanol–water partition coefficient (Wildman–Crippen LogP) is 6.05. The van der Waals surface area contributed by atoms with Gasteiger partial charge in [0, 0.05) is 30.5 Å². The van der Waals surface area contributed by atoms with Crippen LogP contribution in [0.3, 0.4) is 0 Å². The van der Waals surface area contributed by atoms with Crippen molar-refractivity contribution in [1.82, 2.24) is 4.90 Å². The van der Waals surface area contributed by atoms with Gasteiger partial charge in [-0.15, -0.1) is 0 Å². The third-order valence-electron chi connectivity index (χ3n) is 9.11. The lowest BCUT2D eigenvalue weighted by atomic mass is 9.66. The van der Waals surface area contributed by atoms with E-state index in [9.17, 15) is 15.3 Å². The third-order valence-corrected chi connectivity index (χ3v) is 9.11. The highest BCUT2D eigenvalue weighted by Crippen LogP contribution is 2.55. The lowest BCUT2D eigenvalue weighted by Crippen LogP contribution is -2.47. The largest absolute Gasteiger partial charge is 0.508 e. The number of phenolic OH excluding ortho intramolecular Hbond substituents is 1. The molecule has 1 fully saturated rings. The van der Waals surface area contributed by atoms with Crippen LogP contribution in [0, 0.1) is 5.92 Å². The number of aromatic hydroxyl groups is 1. The molecule has 0 amide bonds. The number of allylic oxidation sites excluding steroid dienone is 1. The van der Waals surface area contributed by atoms with Crippen molar-refractivity contribution in [3.8, 4) is 11.5 Å². The minimum absolute atomic E-state index is 0.0303. The maximum atomic E-state index is 11.3. The van der Waals surface area contributed by atoms with Crippen LogP contribution in [0.4, 0.5) is 0 Å². The number of β-amino-alcohol motifs (C(OH)–C–C–N with tert-alkyl or cyclic N) is 2. The number of aliphatic hydroxyl groups excluding tert-OH is 2. The topological polar surface area (TPSA) is 73.2 Å². The summed E-state index contributed by atoms with van der Waals surface area (Å²) in [7, 11) is 0. The van der Waals surface area contributed by atoms with Crippen LogP contribution in [0.1, 0.15) is 109 Å². The van der Waals surface area contributed by atoms with Crippen molar-refractivity contribution in [2.24, 2.45) is 5.92 Å². The van der Waals surface area contributed by atoms with Crippen molar-refractivity contribution >= 4 is 0 Å². The normalized spacial score (nSPS) is 27.0. The van der Waals surface area contributed by atoms with Gasteiger partial charge in [0.05, 0.1) is 12.2 Å². The SMILES string of the molecule is CCCCCCC(C)(C)c1cc(O)c2c(c1)OC(C)(C)[C@@H]1CC=C(C(O)CN3CCCC(O)C3)CC21. The van der Waals surface area contributed by atoms with E-state index in [1.807, 2.05) is 6.07 Å². The van der Waals surface area contributed by atoms with E-state index < -0.39 is 6.10 Å². The molecule has 3 aliphatic rings. The second-order valence-corrected chi connectivity index (χ2v) is 12.8. The number of benzene rings is 1. The monoisotopic (exact) mass is 499 g/mol. The summed E-state index contributed by atoms with van der Waals surface area (Å²) in [5.74, 6) is 1.51. The molecular weight excluding hydrogens is 450 g/mol. The van der Waals surface area contributed by atoms with Gasteiger partial charge in [-0.2, -0.15) is 0 Å². The van der Waals surface area contributed by atoms with Crippen LogP contribution in [-0.4, -0.2) is 57.7 Å². The molecule has 4 atom stereocenters. The van der Waals surface area contributed by atoms with Crippen molar-refractivity contribution < 1.29 is 20.1 Å². The quantitative estimate of drug-likeness (QED) is 0.285. The number of nitrogens with zero attached hydrogens (tertiary/aromatic N) is 1. The van der Waals surface area contributed by atoms with Crippen molar-refractivity contribution in [3.63, 3.8) is 0 Å². The molecule has 1 aromatic rings. The molecule has 0 spiro atoms. The molecule has 2 aliphatic heterocycles. The average Bonchev–Trinajstić information content (AvgIpc) is 2.81. The first kappa shape index (κ1) is 27.5. The van der Waals surface area contributed by atoms with Crippen LogP contribution in [0.5, 0.6) is 11.5 Å². The molecule has 1 aliphatic carbocycles. The van der Waals surface area contributed by atoms with Gasteiger partial charge in [0.2, 0.25) is 0 Å². The summed E-state index contributed by atoms with van der Waals surface area (Å²) >= 11 is 0. The molecule has 5 nitrogen and oxygen atoms in total. The summed E-state index contributed by atoms with van der Waals surface area (Å²) < 4.78 is 6.59. The first-order valence-electron chi connectivity index (χ1n) is 14.4. The van der Waals surface area contributed by atoms with Crippen LogP contribution in [0.25, 0.3) is 0 Å². The molecule has 5 heteroatoms. The number of piperidine rings is 1. The van der Waals surface area contributed by atoms with Gasteiger partial charge >= 0.3 is 0 Å². The van der Waals surface area contributed by atoms with Crippen LogP contribution in [-0.2, 0) is 5.41 Å². The highest BCUT2D eigenvalue weighted by Gasteiger charge is 2.47. The lowest BCUT2D eigenvalue weighted by molar-refractivity contribution is 0.00366. The second-order valence-electron chi connectivity index (χ2n) is 12.8. The summed E-state index contributed by atoms with van der Waals surface area (Å²) in [5.41, 5.74) is 2.73. The molecule has 36 heavy (non-hydrogen) atoms. The zero-order chi connectivity index (χ0) is 26.1. The molecule has 0 saturated carbocycles. The molecule has 2 heterocycles. The van der Waals surface area contributed by atoms with Gasteiger partial charge in [0.15, 0.2) is 0 Å². The highest BCUT2D eigenvalue weighted by atomic mass is 16.5. The number of rotatable bonds is 9. The molecule has 0 radical (unpaired) electrons. The Hall–Kier alpha value is -1.56. The van der Waals surface area contributed by atoms with Crippen LogP contribution in [0.2, 0.25) is 0 Å². The summed E-state index contributed by atoms with van der Waals surface area (Å²) in [6.07, 6.45) is 10.8. The fourth-order valence-corrected chi connectivity index (χ4v) is 6.78. The van der Waals surface area contributed by atoms with E-state index >= 15 is 0 Å². The van der Waals surface area contributed by atoms with E-state index in [2.05, 4.69) is 51.7 Å². The standard InChI is InChI=1S/C31H49NO4/c1-6-7-8-9-14-30(2,3)22-17-26(34)29-24-16-21(27(35)20-32-15-10-11-23(33)19-32)12-13-25(24)31(4,5)36-28(29)18-22/h12,17-18,23-25,27,33-35H,6-11,13-16,19-20H2,1-5H3/t23?,24?,25-,27?/m1/s1. The highest BCUT2D eigenvalue weighted by molar-refractivity contribution is 5.54. The van der Waals surface area contributed by atoms with Gasteiger partial charge in [-0.05, 0) is 81.2 Å². The predicted molar refractivity (Wildman–Crippen MR) is 146 cm³/mol. The molecule has 202 valence electrons. The van der Waals surface area contributed by atoms with E-state index in [-0.39, 0.29) is 29.0 Å². The number of hydrogen-bond donors (Lipinski definition) is 3. The van der Waals surface area contributed by atoms with E-state index in [0.29, 0.717) is 18.8 Å².